The fraction of sp³-hybridized carbons (Fsp3) is 0.312. The lowest BCUT2D eigenvalue weighted by atomic mass is 9.99. The lowest BCUT2D eigenvalue weighted by Gasteiger charge is -2.17. The number of nitrogens with two attached hydrogens (primary N) is 1. The molecule has 2 atom stereocenters. The van der Waals surface area contributed by atoms with Crippen LogP contribution < -0.4 is 11.1 Å². The highest BCUT2D eigenvalue weighted by Crippen LogP contribution is 2.15. The van der Waals surface area contributed by atoms with Gasteiger partial charge in [-0.15, -0.1) is 12.4 Å². The van der Waals surface area contributed by atoms with E-state index in [-0.39, 0.29) is 24.2 Å². The van der Waals surface area contributed by atoms with E-state index < -0.39 is 6.04 Å². The van der Waals surface area contributed by atoms with Gasteiger partial charge in [-0.3, -0.25) is 4.79 Å². The number of nitrogens with zero attached hydrogens (tertiary/aromatic N) is 2. The minimum absolute atomic E-state index is 0. The van der Waals surface area contributed by atoms with E-state index in [0.717, 1.165) is 12.0 Å². The van der Waals surface area contributed by atoms with Crippen molar-refractivity contribution < 1.29 is 4.79 Å². The second-order valence-electron chi connectivity index (χ2n) is 5.06. The zero-order valence-corrected chi connectivity index (χ0v) is 13.5. The molecule has 0 radical (unpaired) electrons. The molecule has 2 rings (SSSR count). The third kappa shape index (κ3) is 4.51. The Hall–Kier alpha value is -1.98. The van der Waals surface area contributed by atoms with Crippen LogP contribution in [-0.4, -0.2) is 21.9 Å². The Labute approximate surface area is 136 Å². The first kappa shape index (κ1) is 18.1. The molecular formula is C16H21ClN4O. The molecule has 0 saturated heterocycles. The Balaban J connectivity index is 0.00000242. The van der Waals surface area contributed by atoms with Crippen molar-refractivity contribution in [2.75, 3.05) is 5.32 Å². The smallest absolute Gasteiger partial charge is 0.241 e. The summed E-state index contributed by atoms with van der Waals surface area (Å²) in [4.78, 5) is 20.5. The predicted octanol–water partition coefficient (Wildman–Crippen LogP) is 2.88. The van der Waals surface area contributed by atoms with Gasteiger partial charge in [0.25, 0.3) is 0 Å². The van der Waals surface area contributed by atoms with E-state index in [1.165, 1.54) is 0 Å². The van der Waals surface area contributed by atoms with Gasteiger partial charge < -0.3 is 11.1 Å². The molecule has 0 fully saturated rings. The van der Waals surface area contributed by atoms with Gasteiger partial charge in [-0.2, -0.15) is 0 Å². The van der Waals surface area contributed by atoms with E-state index in [1.54, 1.807) is 12.4 Å². The van der Waals surface area contributed by atoms with Crippen LogP contribution in [0.25, 0.3) is 11.4 Å². The molecule has 2 aromatic rings. The van der Waals surface area contributed by atoms with E-state index >= 15 is 0 Å². The van der Waals surface area contributed by atoms with Crippen LogP contribution in [0.1, 0.15) is 20.3 Å². The van der Waals surface area contributed by atoms with E-state index in [4.69, 9.17) is 5.73 Å². The van der Waals surface area contributed by atoms with Gasteiger partial charge in [0.1, 0.15) is 0 Å². The van der Waals surface area contributed by atoms with Gasteiger partial charge in [0.2, 0.25) is 5.91 Å². The van der Waals surface area contributed by atoms with Gasteiger partial charge in [-0.25, -0.2) is 9.97 Å². The molecule has 0 bridgehead atoms. The van der Waals surface area contributed by atoms with Crippen molar-refractivity contribution in [3.63, 3.8) is 0 Å². The molecule has 1 aromatic heterocycles. The van der Waals surface area contributed by atoms with Crippen molar-refractivity contribution >= 4 is 24.0 Å². The summed E-state index contributed by atoms with van der Waals surface area (Å²) in [5.74, 6) is 0.551. The van der Waals surface area contributed by atoms with E-state index in [0.29, 0.717) is 11.5 Å². The molecule has 1 amide bonds. The zero-order valence-electron chi connectivity index (χ0n) is 12.7. The largest absolute Gasteiger partial charge is 0.322 e. The Morgan fingerprint density at radius 1 is 1.23 bits per heavy atom. The summed E-state index contributed by atoms with van der Waals surface area (Å²) in [5, 5.41) is 2.75. The molecule has 22 heavy (non-hydrogen) atoms. The molecule has 2 unspecified atom stereocenters. The van der Waals surface area contributed by atoms with Crippen LogP contribution in [0.4, 0.5) is 5.69 Å². The molecule has 0 saturated carbocycles. The molecule has 6 heteroatoms. The lowest BCUT2D eigenvalue weighted by molar-refractivity contribution is -0.118. The van der Waals surface area contributed by atoms with Crippen molar-refractivity contribution in [2.45, 2.75) is 26.3 Å². The Bertz CT molecular complexity index is 589. The number of halogens is 1. The number of anilines is 1. The quantitative estimate of drug-likeness (QED) is 0.887. The molecule has 5 nitrogen and oxygen atoms in total. The highest BCUT2D eigenvalue weighted by Gasteiger charge is 2.19. The molecule has 0 aliphatic carbocycles. The third-order valence-electron chi connectivity index (χ3n) is 3.51. The second-order valence-corrected chi connectivity index (χ2v) is 5.06. The number of nitrogens with one attached hydrogen (secondary N) is 1. The summed E-state index contributed by atoms with van der Waals surface area (Å²) in [6.07, 6.45) is 4.05. The summed E-state index contributed by atoms with van der Waals surface area (Å²) in [6.45, 7) is 3.97. The lowest BCUT2D eigenvalue weighted by Crippen LogP contribution is -2.40. The highest BCUT2D eigenvalue weighted by atomic mass is 35.5. The maximum absolute atomic E-state index is 12.0. The first-order valence-corrected chi connectivity index (χ1v) is 7.05. The van der Waals surface area contributed by atoms with Crippen molar-refractivity contribution in [1.82, 2.24) is 9.97 Å². The molecule has 0 aliphatic rings. The molecular weight excluding hydrogens is 300 g/mol. The Morgan fingerprint density at radius 3 is 2.36 bits per heavy atom. The van der Waals surface area contributed by atoms with Crippen LogP contribution in [0.5, 0.6) is 0 Å². The van der Waals surface area contributed by atoms with Crippen molar-refractivity contribution in [3.8, 4) is 11.4 Å². The summed E-state index contributed by atoms with van der Waals surface area (Å²) < 4.78 is 0. The predicted molar refractivity (Wildman–Crippen MR) is 90.8 cm³/mol. The maximum Gasteiger partial charge on any atom is 0.241 e. The first-order valence-electron chi connectivity index (χ1n) is 7.05. The Morgan fingerprint density at radius 2 is 1.82 bits per heavy atom. The van der Waals surface area contributed by atoms with Gasteiger partial charge in [0.05, 0.1) is 24.1 Å². The monoisotopic (exact) mass is 320 g/mol. The van der Waals surface area contributed by atoms with Crippen molar-refractivity contribution in [1.29, 1.82) is 0 Å². The standard InChI is InChI=1S/C16H20N4O.ClH/c1-3-11(2)14(17)16(21)20-13-9-18-15(19-10-13)12-7-5-4-6-8-12;/h4-11,14H,3,17H2,1-2H3,(H,20,21);1H. The molecule has 3 N–H and O–H groups in total. The van der Waals surface area contributed by atoms with E-state index in [9.17, 15) is 4.79 Å². The number of amides is 1. The van der Waals surface area contributed by atoms with E-state index in [1.807, 2.05) is 44.2 Å². The average Bonchev–Trinajstić information content (AvgIpc) is 2.54. The van der Waals surface area contributed by atoms with Gasteiger partial charge in [-0.1, -0.05) is 50.6 Å². The third-order valence-corrected chi connectivity index (χ3v) is 3.51. The molecule has 1 aromatic carbocycles. The number of rotatable bonds is 5. The van der Waals surface area contributed by atoms with Crippen LogP contribution in [0.15, 0.2) is 42.7 Å². The van der Waals surface area contributed by atoms with Gasteiger partial charge in [0.15, 0.2) is 5.82 Å². The number of benzene rings is 1. The topological polar surface area (TPSA) is 80.9 Å². The van der Waals surface area contributed by atoms with Crippen LogP contribution >= 0.6 is 12.4 Å². The van der Waals surface area contributed by atoms with Gasteiger partial charge in [0, 0.05) is 5.56 Å². The SMILES string of the molecule is CCC(C)C(N)C(=O)Nc1cnc(-c2ccccc2)nc1.Cl. The Kier molecular flexibility index (Phi) is 6.95. The first-order chi connectivity index (χ1) is 10.1. The number of carbonyl (C=O) groups is 1. The summed E-state index contributed by atoms with van der Waals surface area (Å²) in [7, 11) is 0. The average molecular weight is 321 g/mol. The van der Waals surface area contributed by atoms with Crippen LogP contribution in [0, 0.1) is 5.92 Å². The van der Waals surface area contributed by atoms with Gasteiger partial charge in [-0.05, 0) is 5.92 Å². The van der Waals surface area contributed by atoms with Crippen LogP contribution in [0.2, 0.25) is 0 Å². The highest BCUT2D eigenvalue weighted by molar-refractivity contribution is 5.94. The summed E-state index contributed by atoms with van der Waals surface area (Å²) in [5.41, 5.74) is 7.38. The number of aromatic nitrogens is 2. The molecule has 0 aliphatic heterocycles. The molecule has 1 heterocycles. The van der Waals surface area contributed by atoms with E-state index in [2.05, 4.69) is 15.3 Å². The van der Waals surface area contributed by atoms with Crippen LogP contribution in [0.3, 0.4) is 0 Å². The number of hydrogen-bond acceptors (Lipinski definition) is 4. The fourth-order valence-corrected chi connectivity index (χ4v) is 1.87. The van der Waals surface area contributed by atoms with Gasteiger partial charge >= 0.3 is 0 Å². The van der Waals surface area contributed by atoms with Crippen molar-refractivity contribution in [3.05, 3.63) is 42.7 Å². The van der Waals surface area contributed by atoms with Crippen molar-refractivity contribution in [2.24, 2.45) is 11.7 Å². The zero-order chi connectivity index (χ0) is 15.2. The molecule has 118 valence electrons. The summed E-state index contributed by atoms with van der Waals surface area (Å²) in [6, 6.07) is 9.15. The summed E-state index contributed by atoms with van der Waals surface area (Å²) >= 11 is 0. The minimum atomic E-state index is -0.524. The molecule has 0 spiro atoms. The fourth-order valence-electron chi connectivity index (χ4n) is 1.87. The van der Waals surface area contributed by atoms with Crippen LogP contribution in [-0.2, 0) is 4.79 Å². The second kappa shape index (κ2) is 8.46. The maximum atomic E-state index is 12.0. The minimum Gasteiger partial charge on any atom is -0.322 e. The normalized spacial score (nSPS) is 12.9. The number of hydrogen-bond donors (Lipinski definition) is 2. The number of carbonyl (C=O) groups excluding carboxylic acids is 1.